The third kappa shape index (κ3) is 2.25. The summed E-state index contributed by atoms with van der Waals surface area (Å²) in [6.45, 7) is 4.51. The second-order valence-corrected chi connectivity index (χ2v) is 7.16. The van der Waals surface area contributed by atoms with E-state index in [0.29, 0.717) is 6.04 Å². The topological polar surface area (TPSA) is 69.6 Å². The first-order valence-corrected chi connectivity index (χ1v) is 7.67. The van der Waals surface area contributed by atoms with Crippen LogP contribution in [-0.4, -0.2) is 19.5 Å². The summed E-state index contributed by atoms with van der Waals surface area (Å²) in [5.41, 5.74) is 9.72. The fraction of sp³-hybridized carbons (Fsp3) is 0.562. The minimum absolute atomic E-state index is 0.0474. The molecule has 0 amide bonds. The lowest BCUT2D eigenvalue weighted by atomic mass is 9.74. The predicted molar refractivity (Wildman–Crippen MR) is 80.6 cm³/mol. The molecule has 5 nitrogen and oxygen atoms in total. The lowest BCUT2D eigenvalue weighted by molar-refractivity contribution is 0.278. The lowest BCUT2D eigenvalue weighted by Crippen LogP contribution is -2.30. The zero-order chi connectivity index (χ0) is 14.6. The lowest BCUT2D eigenvalue weighted by Gasteiger charge is -2.34. The van der Waals surface area contributed by atoms with Crippen molar-refractivity contribution in [3.05, 3.63) is 30.0 Å². The van der Waals surface area contributed by atoms with Gasteiger partial charge in [0.15, 0.2) is 5.82 Å². The Morgan fingerprint density at radius 3 is 2.86 bits per heavy atom. The summed E-state index contributed by atoms with van der Waals surface area (Å²) in [4.78, 5) is 13.6. The van der Waals surface area contributed by atoms with Crippen molar-refractivity contribution < 1.29 is 0 Å². The van der Waals surface area contributed by atoms with Crippen LogP contribution < -0.4 is 5.73 Å². The van der Waals surface area contributed by atoms with Crippen molar-refractivity contribution in [2.24, 2.45) is 11.1 Å². The van der Waals surface area contributed by atoms with E-state index in [4.69, 9.17) is 10.7 Å². The molecule has 110 valence electrons. The molecule has 0 bridgehead atoms. The van der Waals surface area contributed by atoms with Crippen molar-refractivity contribution in [2.45, 2.75) is 51.6 Å². The van der Waals surface area contributed by atoms with E-state index in [-0.39, 0.29) is 11.5 Å². The molecule has 1 saturated carbocycles. The first-order chi connectivity index (χ1) is 10.0. The highest BCUT2D eigenvalue weighted by atomic mass is 15.1. The molecule has 0 saturated heterocycles. The third-order valence-corrected chi connectivity index (χ3v) is 4.55. The molecular formula is C16H21N5. The van der Waals surface area contributed by atoms with Crippen molar-refractivity contribution in [3.63, 3.8) is 0 Å². The van der Waals surface area contributed by atoms with Crippen molar-refractivity contribution in [1.29, 1.82) is 0 Å². The van der Waals surface area contributed by atoms with Crippen LogP contribution in [0.25, 0.3) is 11.5 Å². The van der Waals surface area contributed by atoms with Crippen LogP contribution in [0.3, 0.4) is 0 Å². The molecule has 2 aromatic rings. The predicted octanol–water partition coefficient (Wildman–Crippen LogP) is 2.65. The van der Waals surface area contributed by atoms with Crippen molar-refractivity contribution in [3.8, 4) is 11.5 Å². The molecule has 2 aliphatic rings. The van der Waals surface area contributed by atoms with Gasteiger partial charge in [-0.1, -0.05) is 13.8 Å². The third-order valence-electron chi connectivity index (χ3n) is 4.55. The SMILES string of the molecule is CC1(C)Cc2nc(-c3cncn3C3CC3)ncc2C(N)C1. The Morgan fingerprint density at radius 1 is 1.29 bits per heavy atom. The van der Waals surface area contributed by atoms with Gasteiger partial charge in [0, 0.05) is 29.5 Å². The van der Waals surface area contributed by atoms with Gasteiger partial charge in [-0.2, -0.15) is 0 Å². The Labute approximate surface area is 124 Å². The van der Waals surface area contributed by atoms with E-state index in [2.05, 4.69) is 28.4 Å². The monoisotopic (exact) mass is 283 g/mol. The molecule has 0 spiro atoms. The molecule has 2 heterocycles. The van der Waals surface area contributed by atoms with Gasteiger partial charge in [-0.05, 0) is 31.1 Å². The summed E-state index contributed by atoms with van der Waals surface area (Å²) in [6, 6.07) is 0.631. The Morgan fingerprint density at radius 2 is 2.10 bits per heavy atom. The summed E-state index contributed by atoms with van der Waals surface area (Å²) in [7, 11) is 0. The molecule has 2 aliphatic carbocycles. The molecule has 21 heavy (non-hydrogen) atoms. The van der Waals surface area contributed by atoms with Crippen LogP contribution >= 0.6 is 0 Å². The van der Waals surface area contributed by atoms with Gasteiger partial charge in [0.05, 0.1) is 12.5 Å². The van der Waals surface area contributed by atoms with E-state index >= 15 is 0 Å². The van der Waals surface area contributed by atoms with Gasteiger partial charge in [0.2, 0.25) is 0 Å². The number of nitrogens with two attached hydrogens (primary N) is 1. The molecule has 1 fully saturated rings. The molecule has 2 aromatic heterocycles. The van der Waals surface area contributed by atoms with Crippen LogP contribution in [0.15, 0.2) is 18.7 Å². The number of aromatic nitrogens is 4. The number of imidazole rings is 1. The second kappa shape index (κ2) is 4.37. The van der Waals surface area contributed by atoms with Crippen LogP contribution in [0.5, 0.6) is 0 Å². The van der Waals surface area contributed by atoms with Crippen LogP contribution in [0.1, 0.15) is 56.5 Å². The molecular weight excluding hydrogens is 262 g/mol. The van der Waals surface area contributed by atoms with E-state index in [1.807, 2.05) is 18.7 Å². The largest absolute Gasteiger partial charge is 0.325 e. The smallest absolute Gasteiger partial charge is 0.178 e. The highest BCUT2D eigenvalue weighted by Crippen LogP contribution is 2.40. The highest BCUT2D eigenvalue weighted by Gasteiger charge is 2.32. The van der Waals surface area contributed by atoms with E-state index in [1.54, 1.807) is 0 Å². The minimum atomic E-state index is 0.0474. The summed E-state index contributed by atoms with van der Waals surface area (Å²) in [5.74, 6) is 0.781. The molecule has 1 atom stereocenters. The fourth-order valence-corrected chi connectivity index (χ4v) is 3.35. The Bertz CT molecular complexity index is 684. The van der Waals surface area contributed by atoms with Crippen LogP contribution in [0, 0.1) is 5.41 Å². The zero-order valence-corrected chi connectivity index (χ0v) is 12.6. The molecule has 4 rings (SSSR count). The van der Waals surface area contributed by atoms with Gasteiger partial charge < -0.3 is 10.3 Å². The molecule has 0 radical (unpaired) electrons. The standard InChI is InChI=1S/C16H21N5/c1-16(2)5-12(17)11-7-19-15(20-13(11)6-16)14-8-18-9-21(14)10-3-4-10/h7-10,12H,3-6,17H2,1-2H3. The number of fused-ring (bicyclic) bond motifs is 1. The van der Waals surface area contributed by atoms with E-state index in [0.717, 1.165) is 35.6 Å². The maximum absolute atomic E-state index is 6.28. The Balaban J connectivity index is 1.77. The van der Waals surface area contributed by atoms with Crippen LogP contribution in [0.2, 0.25) is 0 Å². The molecule has 0 aromatic carbocycles. The maximum Gasteiger partial charge on any atom is 0.178 e. The van der Waals surface area contributed by atoms with Crippen LogP contribution in [0.4, 0.5) is 0 Å². The normalized spacial score (nSPS) is 23.9. The van der Waals surface area contributed by atoms with Crippen molar-refractivity contribution in [2.75, 3.05) is 0 Å². The quantitative estimate of drug-likeness (QED) is 0.920. The number of nitrogens with zero attached hydrogens (tertiary/aromatic N) is 4. The first kappa shape index (κ1) is 13.0. The number of hydrogen-bond donors (Lipinski definition) is 1. The fourth-order valence-electron chi connectivity index (χ4n) is 3.35. The summed E-state index contributed by atoms with van der Waals surface area (Å²) in [5, 5.41) is 0. The molecule has 1 unspecified atom stereocenters. The van der Waals surface area contributed by atoms with Crippen molar-refractivity contribution in [1.82, 2.24) is 19.5 Å². The van der Waals surface area contributed by atoms with Gasteiger partial charge in [0.25, 0.3) is 0 Å². The zero-order valence-electron chi connectivity index (χ0n) is 12.6. The summed E-state index contributed by atoms with van der Waals surface area (Å²) in [6.07, 6.45) is 10.1. The Hall–Kier alpha value is -1.75. The molecule has 0 aliphatic heterocycles. The van der Waals surface area contributed by atoms with Crippen LogP contribution in [-0.2, 0) is 6.42 Å². The highest BCUT2D eigenvalue weighted by molar-refractivity contribution is 5.50. The number of hydrogen-bond acceptors (Lipinski definition) is 4. The average molecular weight is 283 g/mol. The minimum Gasteiger partial charge on any atom is -0.325 e. The average Bonchev–Trinajstić information content (AvgIpc) is 3.14. The van der Waals surface area contributed by atoms with Crippen molar-refractivity contribution >= 4 is 0 Å². The molecule has 5 heteroatoms. The number of rotatable bonds is 2. The van der Waals surface area contributed by atoms with Gasteiger partial charge in [0.1, 0.15) is 5.69 Å². The second-order valence-electron chi connectivity index (χ2n) is 7.16. The van der Waals surface area contributed by atoms with Gasteiger partial charge in [-0.15, -0.1) is 0 Å². The maximum atomic E-state index is 6.28. The van der Waals surface area contributed by atoms with Gasteiger partial charge in [-0.25, -0.2) is 15.0 Å². The summed E-state index contributed by atoms with van der Waals surface area (Å²) >= 11 is 0. The van der Waals surface area contributed by atoms with Gasteiger partial charge in [-0.3, -0.25) is 0 Å². The van der Waals surface area contributed by atoms with E-state index in [9.17, 15) is 0 Å². The Kier molecular flexibility index (Phi) is 2.70. The van der Waals surface area contributed by atoms with Gasteiger partial charge >= 0.3 is 0 Å². The van der Waals surface area contributed by atoms with E-state index < -0.39 is 0 Å². The summed E-state index contributed by atoms with van der Waals surface area (Å²) < 4.78 is 2.20. The first-order valence-electron chi connectivity index (χ1n) is 7.67. The van der Waals surface area contributed by atoms with E-state index in [1.165, 1.54) is 12.8 Å². The molecule has 2 N–H and O–H groups in total.